The first-order valence-corrected chi connectivity index (χ1v) is 9.72. The minimum Gasteiger partial charge on any atom is -0.339 e. The highest BCUT2D eigenvalue weighted by atomic mass is 16.5. The summed E-state index contributed by atoms with van der Waals surface area (Å²) >= 11 is 0. The lowest BCUT2D eigenvalue weighted by Gasteiger charge is -2.23. The highest BCUT2D eigenvalue weighted by Crippen LogP contribution is 2.33. The fourth-order valence-corrected chi connectivity index (χ4v) is 3.62. The van der Waals surface area contributed by atoms with Crippen LogP contribution in [0.1, 0.15) is 86.6 Å². The van der Waals surface area contributed by atoms with Crippen LogP contribution < -0.4 is 0 Å². The monoisotopic (exact) mass is 359 g/mol. The molecule has 1 aliphatic rings. The number of aromatic nitrogens is 4. The van der Waals surface area contributed by atoms with Crippen LogP contribution in [0.15, 0.2) is 10.7 Å². The molecule has 1 N–H and O–H groups in total. The number of nitrogens with zero attached hydrogens (tertiary/aromatic N) is 4. The van der Waals surface area contributed by atoms with Crippen LogP contribution in [0.2, 0.25) is 0 Å². The maximum absolute atomic E-state index is 13.1. The predicted molar refractivity (Wildman–Crippen MR) is 97.7 cm³/mol. The highest BCUT2D eigenvalue weighted by molar-refractivity contribution is 5.95. The molecule has 2 aromatic heterocycles. The topological polar surface area (TPSA) is 87.9 Å². The fourth-order valence-electron chi connectivity index (χ4n) is 3.62. The van der Waals surface area contributed by atoms with Gasteiger partial charge in [0.2, 0.25) is 5.89 Å². The summed E-state index contributed by atoms with van der Waals surface area (Å²) in [6.45, 7) is 7.12. The largest absolute Gasteiger partial charge is 0.339 e. The van der Waals surface area contributed by atoms with E-state index in [1.54, 1.807) is 11.1 Å². The molecule has 0 bridgehead atoms. The molecule has 0 aromatic carbocycles. The zero-order chi connectivity index (χ0) is 18.5. The number of hydrogen-bond acceptors (Lipinski definition) is 5. The zero-order valence-corrected chi connectivity index (χ0v) is 16.0. The van der Waals surface area contributed by atoms with E-state index in [1.165, 1.54) is 19.3 Å². The van der Waals surface area contributed by atoms with E-state index < -0.39 is 0 Å². The molecule has 0 unspecified atom stereocenters. The number of amides is 1. The summed E-state index contributed by atoms with van der Waals surface area (Å²) in [5, 5.41) is 11.3. The van der Waals surface area contributed by atoms with Gasteiger partial charge in [-0.1, -0.05) is 38.3 Å². The van der Waals surface area contributed by atoms with Crippen LogP contribution in [0.4, 0.5) is 0 Å². The first-order valence-electron chi connectivity index (χ1n) is 9.72. The van der Waals surface area contributed by atoms with Gasteiger partial charge in [0.1, 0.15) is 0 Å². The van der Waals surface area contributed by atoms with Gasteiger partial charge in [-0.25, -0.2) is 0 Å². The van der Waals surface area contributed by atoms with Crippen LogP contribution in [0.3, 0.4) is 0 Å². The molecule has 142 valence electrons. The minimum atomic E-state index is -0.0166. The van der Waals surface area contributed by atoms with Gasteiger partial charge in [0.25, 0.3) is 5.91 Å². The molecule has 7 nitrogen and oxygen atoms in total. The van der Waals surface area contributed by atoms with Gasteiger partial charge in [-0.3, -0.25) is 9.89 Å². The summed E-state index contributed by atoms with van der Waals surface area (Å²) in [6, 6.07) is 0. The van der Waals surface area contributed by atoms with Crippen molar-refractivity contribution in [3.8, 4) is 0 Å². The highest BCUT2D eigenvalue weighted by Gasteiger charge is 2.26. The molecule has 0 saturated heterocycles. The average molecular weight is 359 g/mol. The van der Waals surface area contributed by atoms with Crippen molar-refractivity contribution >= 4 is 5.91 Å². The van der Waals surface area contributed by atoms with Gasteiger partial charge in [0.15, 0.2) is 5.82 Å². The second-order valence-corrected chi connectivity index (χ2v) is 7.55. The molecule has 0 aliphatic heterocycles. The number of rotatable bonds is 7. The second kappa shape index (κ2) is 8.47. The second-order valence-electron chi connectivity index (χ2n) is 7.55. The lowest BCUT2D eigenvalue weighted by atomic mass is 9.85. The third kappa shape index (κ3) is 4.31. The molecule has 0 radical (unpaired) electrons. The summed E-state index contributed by atoms with van der Waals surface area (Å²) in [7, 11) is 0. The molecule has 1 amide bonds. The standard InChI is InChI=1S/C19H29N5O2/c1-4-24(12-16-21-17(26-23-16)10-13(2)3)19(25)15-11-20-22-18(15)14-8-6-5-7-9-14/h11,13-14H,4-10,12H2,1-3H3,(H,20,22). The number of aromatic amines is 1. The Morgan fingerprint density at radius 1 is 1.35 bits per heavy atom. The minimum absolute atomic E-state index is 0.0166. The molecule has 0 spiro atoms. The Hall–Kier alpha value is -2.18. The van der Waals surface area contributed by atoms with E-state index in [0.29, 0.717) is 42.2 Å². The maximum atomic E-state index is 13.1. The number of H-pyrrole nitrogens is 1. The molecule has 2 aromatic rings. The van der Waals surface area contributed by atoms with Crippen LogP contribution in [-0.2, 0) is 13.0 Å². The van der Waals surface area contributed by atoms with Crippen LogP contribution in [0.5, 0.6) is 0 Å². The first-order chi connectivity index (χ1) is 12.6. The Balaban J connectivity index is 1.71. The van der Waals surface area contributed by atoms with Crippen LogP contribution in [0, 0.1) is 5.92 Å². The molecule has 1 saturated carbocycles. The van der Waals surface area contributed by atoms with Crippen molar-refractivity contribution in [2.45, 2.75) is 71.8 Å². The van der Waals surface area contributed by atoms with Gasteiger partial charge < -0.3 is 9.42 Å². The third-order valence-electron chi connectivity index (χ3n) is 5.01. The molecule has 26 heavy (non-hydrogen) atoms. The third-order valence-corrected chi connectivity index (χ3v) is 5.01. The molecule has 7 heteroatoms. The van der Waals surface area contributed by atoms with E-state index in [-0.39, 0.29) is 5.91 Å². The number of nitrogens with one attached hydrogen (secondary N) is 1. The Morgan fingerprint density at radius 2 is 2.12 bits per heavy atom. The molecule has 1 fully saturated rings. The summed E-state index contributed by atoms with van der Waals surface area (Å²) < 4.78 is 5.29. The molecule has 2 heterocycles. The Labute approximate surface area is 154 Å². The lowest BCUT2D eigenvalue weighted by Crippen LogP contribution is -2.31. The number of hydrogen-bond donors (Lipinski definition) is 1. The number of carbonyl (C=O) groups excluding carboxylic acids is 1. The maximum Gasteiger partial charge on any atom is 0.257 e. The molecule has 1 aliphatic carbocycles. The van der Waals surface area contributed by atoms with E-state index in [9.17, 15) is 4.79 Å². The fraction of sp³-hybridized carbons (Fsp3) is 0.684. The lowest BCUT2D eigenvalue weighted by molar-refractivity contribution is 0.0745. The first kappa shape index (κ1) is 18.6. The Kier molecular flexibility index (Phi) is 6.06. The van der Waals surface area contributed by atoms with Crippen molar-refractivity contribution in [3.05, 3.63) is 29.2 Å². The van der Waals surface area contributed by atoms with Crippen LogP contribution in [0.25, 0.3) is 0 Å². The Morgan fingerprint density at radius 3 is 2.81 bits per heavy atom. The predicted octanol–water partition coefficient (Wildman–Crippen LogP) is 3.70. The normalized spacial score (nSPS) is 15.5. The number of carbonyl (C=O) groups is 1. The van der Waals surface area contributed by atoms with Crippen molar-refractivity contribution in [1.29, 1.82) is 0 Å². The summed E-state index contributed by atoms with van der Waals surface area (Å²) in [5.74, 6) is 2.03. The van der Waals surface area contributed by atoms with E-state index in [2.05, 4.69) is 34.2 Å². The van der Waals surface area contributed by atoms with Crippen molar-refractivity contribution in [2.75, 3.05) is 6.54 Å². The van der Waals surface area contributed by atoms with Gasteiger partial charge in [-0.15, -0.1) is 0 Å². The zero-order valence-electron chi connectivity index (χ0n) is 16.0. The van der Waals surface area contributed by atoms with Crippen molar-refractivity contribution in [2.24, 2.45) is 5.92 Å². The Bertz CT molecular complexity index is 715. The van der Waals surface area contributed by atoms with Crippen molar-refractivity contribution in [1.82, 2.24) is 25.2 Å². The molecule has 0 atom stereocenters. The molecular weight excluding hydrogens is 330 g/mol. The van der Waals surface area contributed by atoms with Gasteiger partial charge >= 0.3 is 0 Å². The van der Waals surface area contributed by atoms with E-state index in [0.717, 1.165) is 25.0 Å². The quantitative estimate of drug-likeness (QED) is 0.814. The van der Waals surface area contributed by atoms with E-state index in [4.69, 9.17) is 4.52 Å². The average Bonchev–Trinajstić information content (AvgIpc) is 3.29. The summed E-state index contributed by atoms with van der Waals surface area (Å²) in [5.41, 5.74) is 1.67. The van der Waals surface area contributed by atoms with Gasteiger partial charge in [0.05, 0.1) is 24.0 Å². The van der Waals surface area contributed by atoms with Gasteiger partial charge in [-0.2, -0.15) is 10.1 Å². The van der Waals surface area contributed by atoms with E-state index >= 15 is 0 Å². The smallest absolute Gasteiger partial charge is 0.257 e. The van der Waals surface area contributed by atoms with Crippen LogP contribution in [-0.4, -0.2) is 37.7 Å². The van der Waals surface area contributed by atoms with Gasteiger partial charge in [0, 0.05) is 18.9 Å². The summed E-state index contributed by atoms with van der Waals surface area (Å²) in [6.07, 6.45) is 8.38. The van der Waals surface area contributed by atoms with Crippen molar-refractivity contribution in [3.63, 3.8) is 0 Å². The SMILES string of the molecule is CCN(Cc1noc(CC(C)C)n1)C(=O)c1cn[nH]c1C1CCCCC1. The van der Waals surface area contributed by atoms with Gasteiger partial charge in [-0.05, 0) is 25.7 Å². The van der Waals surface area contributed by atoms with E-state index in [1.807, 2.05) is 6.92 Å². The summed E-state index contributed by atoms with van der Waals surface area (Å²) in [4.78, 5) is 19.2. The molecular formula is C19H29N5O2. The molecule has 3 rings (SSSR count). The van der Waals surface area contributed by atoms with Crippen molar-refractivity contribution < 1.29 is 9.32 Å². The van der Waals surface area contributed by atoms with Crippen LogP contribution >= 0.6 is 0 Å².